The van der Waals surface area contributed by atoms with E-state index in [9.17, 15) is 4.39 Å². The summed E-state index contributed by atoms with van der Waals surface area (Å²) in [5, 5.41) is 1.20. The molecule has 0 aliphatic rings. The van der Waals surface area contributed by atoms with Crippen LogP contribution in [0.25, 0.3) is 0 Å². The van der Waals surface area contributed by atoms with E-state index in [-0.39, 0.29) is 11.9 Å². The molecular formula is C14H12Cl2FNS. The van der Waals surface area contributed by atoms with Crippen LogP contribution in [0.3, 0.4) is 0 Å². The summed E-state index contributed by atoms with van der Waals surface area (Å²) >= 11 is 13.5. The van der Waals surface area contributed by atoms with Crippen LogP contribution >= 0.6 is 35.0 Å². The third kappa shape index (κ3) is 4.11. The summed E-state index contributed by atoms with van der Waals surface area (Å²) in [6.07, 6.45) is 0. The van der Waals surface area contributed by atoms with Gasteiger partial charge in [0.25, 0.3) is 0 Å². The Morgan fingerprint density at radius 3 is 2.68 bits per heavy atom. The number of rotatable bonds is 4. The Kier molecular flexibility index (Phi) is 5.11. The van der Waals surface area contributed by atoms with E-state index in [0.29, 0.717) is 15.8 Å². The van der Waals surface area contributed by atoms with Gasteiger partial charge in [0, 0.05) is 26.7 Å². The van der Waals surface area contributed by atoms with Gasteiger partial charge < -0.3 is 5.73 Å². The number of hydrogen-bond donors (Lipinski definition) is 1. The van der Waals surface area contributed by atoms with E-state index >= 15 is 0 Å². The number of halogens is 3. The van der Waals surface area contributed by atoms with Gasteiger partial charge in [-0.1, -0.05) is 29.3 Å². The van der Waals surface area contributed by atoms with Crippen LogP contribution in [0.1, 0.15) is 11.6 Å². The molecule has 2 aromatic carbocycles. The first kappa shape index (κ1) is 14.7. The topological polar surface area (TPSA) is 26.0 Å². The van der Waals surface area contributed by atoms with E-state index in [4.69, 9.17) is 28.9 Å². The smallest absolute Gasteiger partial charge is 0.124 e. The fourth-order valence-electron chi connectivity index (χ4n) is 1.63. The van der Waals surface area contributed by atoms with Gasteiger partial charge in [0.05, 0.1) is 0 Å². The van der Waals surface area contributed by atoms with Crippen LogP contribution in [0.2, 0.25) is 10.0 Å². The summed E-state index contributed by atoms with van der Waals surface area (Å²) in [5.74, 6) is 0.350. The summed E-state index contributed by atoms with van der Waals surface area (Å²) in [5.41, 5.74) is 6.90. The molecule has 0 spiro atoms. The second-order valence-electron chi connectivity index (χ2n) is 4.04. The lowest BCUT2D eigenvalue weighted by Gasteiger charge is -2.13. The van der Waals surface area contributed by atoms with Crippen LogP contribution in [-0.2, 0) is 0 Å². The van der Waals surface area contributed by atoms with E-state index in [1.807, 2.05) is 6.07 Å². The maximum absolute atomic E-state index is 13.0. The first-order valence-electron chi connectivity index (χ1n) is 5.65. The van der Waals surface area contributed by atoms with Gasteiger partial charge in [-0.3, -0.25) is 0 Å². The molecule has 0 aliphatic heterocycles. The Bertz CT molecular complexity index is 577. The predicted octanol–water partition coefficient (Wildman–Crippen LogP) is 4.92. The van der Waals surface area contributed by atoms with Crippen molar-refractivity contribution in [3.8, 4) is 0 Å². The van der Waals surface area contributed by atoms with Crippen molar-refractivity contribution < 1.29 is 4.39 Å². The van der Waals surface area contributed by atoms with E-state index in [1.54, 1.807) is 24.3 Å². The van der Waals surface area contributed by atoms with Crippen molar-refractivity contribution >= 4 is 35.0 Å². The average Bonchev–Trinajstić information content (AvgIpc) is 2.39. The number of nitrogens with two attached hydrogens (primary N) is 1. The summed E-state index contributed by atoms with van der Waals surface area (Å²) in [7, 11) is 0. The Hall–Kier alpha value is -0.740. The van der Waals surface area contributed by atoms with Crippen LogP contribution in [0, 0.1) is 5.82 Å². The molecule has 2 rings (SSSR count). The molecule has 2 aromatic rings. The minimum absolute atomic E-state index is 0.250. The summed E-state index contributed by atoms with van der Waals surface area (Å²) in [4.78, 5) is 0.841. The Labute approximate surface area is 125 Å². The van der Waals surface area contributed by atoms with E-state index in [2.05, 4.69) is 0 Å². The van der Waals surface area contributed by atoms with E-state index in [1.165, 1.54) is 23.9 Å². The zero-order valence-corrected chi connectivity index (χ0v) is 12.3. The Balaban J connectivity index is 2.05. The fourth-order valence-corrected chi connectivity index (χ4v) is 2.99. The van der Waals surface area contributed by atoms with Gasteiger partial charge in [-0.15, -0.1) is 11.8 Å². The number of hydrogen-bond acceptors (Lipinski definition) is 2. The molecule has 2 N–H and O–H groups in total. The standard InChI is InChI=1S/C14H12Cl2FNS/c15-9-4-5-13(16)12(6-9)14(18)8-19-11-3-1-2-10(17)7-11/h1-7,14H,8,18H2. The molecule has 5 heteroatoms. The van der Waals surface area contributed by atoms with Crippen LogP contribution in [-0.4, -0.2) is 5.75 Å². The van der Waals surface area contributed by atoms with E-state index < -0.39 is 0 Å². The summed E-state index contributed by atoms with van der Waals surface area (Å²) in [6, 6.07) is 11.4. The van der Waals surface area contributed by atoms with Crippen molar-refractivity contribution in [1.29, 1.82) is 0 Å². The molecule has 19 heavy (non-hydrogen) atoms. The minimum atomic E-state index is -0.251. The summed E-state index contributed by atoms with van der Waals surface area (Å²) in [6.45, 7) is 0. The maximum Gasteiger partial charge on any atom is 0.124 e. The predicted molar refractivity (Wildman–Crippen MR) is 80.5 cm³/mol. The van der Waals surface area contributed by atoms with Gasteiger partial charge in [0.1, 0.15) is 5.82 Å². The van der Waals surface area contributed by atoms with Gasteiger partial charge >= 0.3 is 0 Å². The van der Waals surface area contributed by atoms with Crippen molar-refractivity contribution in [1.82, 2.24) is 0 Å². The molecule has 1 nitrogen and oxygen atoms in total. The van der Waals surface area contributed by atoms with Gasteiger partial charge in [0.2, 0.25) is 0 Å². The lowest BCUT2D eigenvalue weighted by molar-refractivity contribution is 0.624. The molecule has 0 bridgehead atoms. The molecule has 0 saturated heterocycles. The molecule has 0 heterocycles. The van der Waals surface area contributed by atoms with Gasteiger partial charge in [-0.05, 0) is 42.0 Å². The molecule has 0 aliphatic carbocycles. The molecule has 0 radical (unpaired) electrons. The number of benzene rings is 2. The van der Waals surface area contributed by atoms with E-state index in [0.717, 1.165) is 10.5 Å². The van der Waals surface area contributed by atoms with Crippen molar-refractivity contribution in [3.05, 3.63) is 63.9 Å². The van der Waals surface area contributed by atoms with Gasteiger partial charge in [-0.25, -0.2) is 4.39 Å². The van der Waals surface area contributed by atoms with Crippen LogP contribution < -0.4 is 5.73 Å². The molecule has 1 unspecified atom stereocenters. The molecular weight excluding hydrogens is 304 g/mol. The second kappa shape index (κ2) is 6.62. The molecule has 0 fully saturated rings. The van der Waals surface area contributed by atoms with Gasteiger partial charge in [-0.2, -0.15) is 0 Å². The fraction of sp³-hybridized carbons (Fsp3) is 0.143. The number of thioether (sulfide) groups is 1. The van der Waals surface area contributed by atoms with Crippen molar-refractivity contribution in [2.75, 3.05) is 5.75 Å². The first-order valence-corrected chi connectivity index (χ1v) is 7.39. The van der Waals surface area contributed by atoms with Crippen LogP contribution in [0.5, 0.6) is 0 Å². The lowest BCUT2D eigenvalue weighted by Crippen LogP contribution is -2.13. The minimum Gasteiger partial charge on any atom is -0.323 e. The molecule has 0 amide bonds. The quantitative estimate of drug-likeness (QED) is 0.810. The Morgan fingerprint density at radius 1 is 1.16 bits per heavy atom. The van der Waals surface area contributed by atoms with Crippen molar-refractivity contribution in [3.63, 3.8) is 0 Å². The third-order valence-electron chi connectivity index (χ3n) is 2.58. The monoisotopic (exact) mass is 315 g/mol. The first-order chi connectivity index (χ1) is 9.06. The molecule has 100 valence electrons. The van der Waals surface area contributed by atoms with Crippen LogP contribution in [0.4, 0.5) is 4.39 Å². The second-order valence-corrected chi connectivity index (χ2v) is 5.98. The maximum atomic E-state index is 13.0. The zero-order chi connectivity index (χ0) is 13.8. The highest BCUT2D eigenvalue weighted by Gasteiger charge is 2.11. The highest BCUT2D eigenvalue weighted by molar-refractivity contribution is 7.99. The normalized spacial score (nSPS) is 12.4. The van der Waals surface area contributed by atoms with Crippen molar-refractivity contribution in [2.45, 2.75) is 10.9 Å². The van der Waals surface area contributed by atoms with Crippen LogP contribution in [0.15, 0.2) is 47.4 Å². The summed E-state index contributed by atoms with van der Waals surface area (Å²) < 4.78 is 13.0. The molecule has 0 saturated carbocycles. The van der Waals surface area contributed by atoms with Crippen molar-refractivity contribution in [2.24, 2.45) is 5.73 Å². The largest absolute Gasteiger partial charge is 0.323 e. The highest BCUT2D eigenvalue weighted by Crippen LogP contribution is 2.29. The SMILES string of the molecule is NC(CSc1cccc(F)c1)c1cc(Cl)ccc1Cl. The molecule has 1 atom stereocenters. The molecule has 0 aromatic heterocycles. The van der Waals surface area contributed by atoms with Gasteiger partial charge in [0.15, 0.2) is 0 Å². The lowest BCUT2D eigenvalue weighted by atomic mass is 10.1. The zero-order valence-electron chi connectivity index (χ0n) is 9.95. The Morgan fingerprint density at radius 2 is 1.95 bits per heavy atom. The average molecular weight is 316 g/mol. The highest BCUT2D eigenvalue weighted by atomic mass is 35.5. The third-order valence-corrected chi connectivity index (χ3v) is 4.28.